The molecule has 0 bridgehead atoms. The fraction of sp³-hybridized carbons (Fsp3) is 0.773. The lowest BCUT2D eigenvalue weighted by Crippen LogP contribution is -2.50. The molecule has 4 aliphatic carbocycles. The molecule has 0 radical (unpaired) electrons. The SMILES string of the molecule is C[C@]12CCC(=O)C=C1CCC1C2CC[C@]2(C)/C(=N/COCC(=O)O)CCC12. The van der Waals surface area contributed by atoms with E-state index in [1.165, 1.54) is 30.5 Å². The summed E-state index contributed by atoms with van der Waals surface area (Å²) in [6.45, 7) is 4.65. The van der Waals surface area contributed by atoms with E-state index < -0.39 is 5.97 Å². The molecular formula is C22H31NO4. The van der Waals surface area contributed by atoms with E-state index in [-0.39, 0.29) is 24.2 Å². The van der Waals surface area contributed by atoms with Gasteiger partial charge in [-0.25, -0.2) is 4.79 Å². The van der Waals surface area contributed by atoms with Crippen LogP contribution < -0.4 is 0 Å². The lowest BCUT2D eigenvalue weighted by atomic mass is 9.47. The zero-order chi connectivity index (χ0) is 19.2. The lowest BCUT2D eigenvalue weighted by molar-refractivity contribution is -0.142. The zero-order valence-corrected chi connectivity index (χ0v) is 16.5. The minimum Gasteiger partial charge on any atom is -0.480 e. The van der Waals surface area contributed by atoms with Gasteiger partial charge in [0.15, 0.2) is 5.78 Å². The number of allylic oxidation sites excluding steroid dienone is 1. The number of ketones is 1. The summed E-state index contributed by atoms with van der Waals surface area (Å²) in [7, 11) is 0. The van der Waals surface area contributed by atoms with E-state index in [9.17, 15) is 9.59 Å². The van der Waals surface area contributed by atoms with E-state index in [2.05, 4.69) is 18.8 Å². The third-order valence-electron chi connectivity index (χ3n) is 8.28. The second-order valence-electron chi connectivity index (χ2n) is 9.44. The summed E-state index contributed by atoms with van der Waals surface area (Å²) in [5.74, 6) is 1.43. The maximum absolute atomic E-state index is 11.9. The van der Waals surface area contributed by atoms with Crippen molar-refractivity contribution in [1.29, 1.82) is 0 Å². The van der Waals surface area contributed by atoms with Crippen LogP contribution in [0.5, 0.6) is 0 Å². The van der Waals surface area contributed by atoms with Gasteiger partial charge in [0.2, 0.25) is 0 Å². The molecule has 0 aliphatic heterocycles. The van der Waals surface area contributed by atoms with Gasteiger partial charge in [-0.1, -0.05) is 19.4 Å². The normalized spacial score (nSPS) is 42.3. The predicted octanol–water partition coefficient (Wildman–Crippen LogP) is 4.02. The first-order valence-corrected chi connectivity index (χ1v) is 10.4. The summed E-state index contributed by atoms with van der Waals surface area (Å²) >= 11 is 0. The summed E-state index contributed by atoms with van der Waals surface area (Å²) in [5, 5.41) is 8.71. The van der Waals surface area contributed by atoms with Gasteiger partial charge < -0.3 is 9.84 Å². The zero-order valence-electron chi connectivity index (χ0n) is 16.5. The van der Waals surface area contributed by atoms with E-state index in [1.54, 1.807) is 0 Å². The van der Waals surface area contributed by atoms with Gasteiger partial charge in [0.05, 0.1) is 0 Å². The summed E-state index contributed by atoms with van der Waals surface area (Å²) in [5.41, 5.74) is 3.00. The summed E-state index contributed by atoms with van der Waals surface area (Å²) in [6.07, 6.45) is 10.5. The van der Waals surface area contributed by atoms with Gasteiger partial charge in [-0.3, -0.25) is 9.79 Å². The maximum atomic E-state index is 11.9. The van der Waals surface area contributed by atoms with Crippen molar-refractivity contribution < 1.29 is 19.4 Å². The average molecular weight is 373 g/mol. The number of aliphatic imine (C=N–C) groups is 1. The van der Waals surface area contributed by atoms with Crippen molar-refractivity contribution in [3.63, 3.8) is 0 Å². The minimum absolute atomic E-state index is 0.135. The molecule has 27 heavy (non-hydrogen) atoms. The number of hydrogen-bond donors (Lipinski definition) is 1. The maximum Gasteiger partial charge on any atom is 0.329 e. The van der Waals surface area contributed by atoms with Crippen LogP contribution in [-0.4, -0.2) is 35.9 Å². The third-order valence-corrected chi connectivity index (χ3v) is 8.28. The van der Waals surface area contributed by atoms with Crippen LogP contribution in [0.15, 0.2) is 16.6 Å². The van der Waals surface area contributed by atoms with Crippen LogP contribution in [-0.2, 0) is 14.3 Å². The fourth-order valence-electron chi connectivity index (χ4n) is 6.86. The van der Waals surface area contributed by atoms with Crippen molar-refractivity contribution >= 4 is 17.5 Å². The van der Waals surface area contributed by atoms with E-state index in [1.807, 2.05) is 6.08 Å². The highest BCUT2D eigenvalue weighted by Gasteiger charge is 2.58. The van der Waals surface area contributed by atoms with Crippen molar-refractivity contribution in [2.24, 2.45) is 33.6 Å². The number of carbonyl (C=O) groups is 2. The highest BCUT2D eigenvalue weighted by Crippen LogP contribution is 2.64. The van der Waals surface area contributed by atoms with Crippen molar-refractivity contribution in [3.05, 3.63) is 11.6 Å². The Morgan fingerprint density at radius 3 is 2.70 bits per heavy atom. The Hall–Kier alpha value is -1.49. The molecule has 0 heterocycles. The predicted molar refractivity (Wildman–Crippen MR) is 103 cm³/mol. The molecule has 0 aromatic carbocycles. The number of carboxylic acid groups (broad SMARTS) is 1. The van der Waals surface area contributed by atoms with Gasteiger partial charge >= 0.3 is 5.97 Å². The molecular weight excluding hydrogens is 342 g/mol. The number of ether oxygens (including phenoxy) is 1. The molecule has 1 N–H and O–H groups in total. The Labute approximate surface area is 161 Å². The van der Waals surface area contributed by atoms with Crippen molar-refractivity contribution in [1.82, 2.24) is 0 Å². The fourth-order valence-corrected chi connectivity index (χ4v) is 6.86. The van der Waals surface area contributed by atoms with Crippen LogP contribution in [0, 0.1) is 28.6 Å². The molecule has 3 unspecified atom stereocenters. The first-order valence-electron chi connectivity index (χ1n) is 10.4. The highest BCUT2D eigenvalue weighted by atomic mass is 16.5. The van der Waals surface area contributed by atoms with Crippen LogP contribution in [0.4, 0.5) is 0 Å². The Balaban J connectivity index is 1.52. The number of rotatable bonds is 4. The molecule has 0 aromatic heterocycles. The lowest BCUT2D eigenvalue weighted by Gasteiger charge is -2.57. The molecule has 4 aliphatic rings. The Kier molecular flexibility index (Phi) is 4.77. The Morgan fingerprint density at radius 2 is 1.93 bits per heavy atom. The molecule has 5 atom stereocenters. The molecule has 4 rings (SSSR count). The number of aliphatic carboxylic acids is 1. The number of carboxylic acids is 1. The van der Waals surface area contributed by atoms with E-state index >= 15 is 0 Å². The van der Waals surface area contributed by atoms with Gasteiger partial charge in [0.25, 0.3) is 0 Å². The van der Waals surface area contributed by atoms with E-state index in [0.717, 1.165) is 25.7 Å². The molecule has 0 amide bonds. The first kappa shape index (κ1) is 18.9. The Bertz CT molecular complexity index is 711. The smallest absolute Gasteiger partial charge is 0.329 e. The Morgan fingerprint density at radius 1 is 1.15 bits per heavy atom. The van der Waals surface area contributed by atoms with E-state index in [4.69, 9.17) is 9.84 Å². The van der Waals surface area contributed by atoms with Crippen LogP contribution in [0.3, 0.4) is 0 Å². The van der Waals surface area contributed by atoms with Gasteiger partial charge in [-0.15, -0.1) is 0 Å². The molecule has 0 saturated heterocycles. The van der Waals surface area contributed by atoms with Crippen molar-refractivity contribution in [3.8, 4) is 0 Å². The van der Waals surface area contributed by atoms with Crippen LogP contribution in [0.25, 0.3) is 0 Å². The summed E-state index contributed by atoms with van der Waals surface area (Å²) in [6, 6.07) is 0. The van der Waals surface area contributed by atoms with Crippen LogP contribution in [0.2, 0.25) is 0 Å². The van der Waals surface area contributed by atoms with Crippen molar-refractivity contribution in [2.75, 3.05) is 13.3 Å². The summed E-state index contributed by atoms with van der Waals surface area (Å²) < 4.78 is 5.16. The third kappa shape index (κ3) is 3.08. The van der Waals surface area contributed by atoms with Gasteiger partial charge in [0.1, 0.15) is 13.3 Å². The molecule has 3 fully saturated rings. The highest BCUT2D eigenvalue weighted by molar-refractivity contribution is 5.93. The van der Waals surface area contributed by atoms with E-state index in [0.29, 0.717) is 30.0 Å². The molecule has 5 nitrogen and oxygen atoms in total. The quantitative estimate of drug-likeness (QED) is 0.755. The molecule has 5 heteroatoms. The van der Waals surface area contributed by atoms with Gasteiger partial charge in [0, 0.05) is 17.5 Å². The standard InChI is InChI=1S/C22H31NO4/c1-21-9-7-15(24)11-14(21)3-4-16-17-5-6-19(23-13-27-12-20(25)26)22(17,2)10-8-18(16)21/h11,16-18H,3-10,12-13H2,1-2H3,(H,25,26)/b23-19+/t16?,17?,18?,21-,22-/m0/s1. The monoisotopic (exact) mass is 373 g/mol. The van der Waals surface area contributed by atoms with Gasteiger partial charge in [-0.2, -0.15) is 0 Å². The topological polar surface area (TPSA) is 76.0 Å². The molecule has 0 aromatic rings. The van der Waals surface area contributed by atoms with Gasteiger partial charge in [-0.05, 0) is 74.2 Å². The van der Waals surface area contributed by atoms with Crippen LogP contribution in [0.1, 0.15) is 65.2 Å². The first-order chi connectivity index (χ1) is 12.8. The second kappa shape index (κ2) is 6.84. The second-order valence-corrected chi connectivity index (χ2v) is 9.44. The van der Waals surface area contributed by atoms with Crippen LogP contribution >= 0.6 is 0 Å². The van der Waals surface area contributed by atoms with Crippen molar-refractivity contribution in [2.45, 2.75) is 65.2 Å². The number of carbonyl (C=O) groups excluding carboxylic acids is 1. The molecule has 3 saturated carbocycles. The largest absolute Gasteiger partial charge is 0.480 e. The summed E-state index contributed by atoms with van der Waals surface area (Å²) in [4.78, 5) is 27.2. The molecule has 148 valence electrons. The minimum atomic E-state index is -0.948. The number of fused-ring (bicyclic) bond motifs is 5. The molecule has 0 spiro atoms. The number of nitrogens with zero attached hydrogens (tertiary/aromatic N) is 1. The number of hydrogen-bond acceptors (Lipinski definition) is 4. The average Bonchev–Trinajstić information content (AvgIpc) is 2.96.